The maximum Gasteiger partial charge on any atom is 0.178 e. The lowest BCUT2D eigenvalue weighted by atomic mass is 10.1. The van der Waals surface area contributed by atoms with E-state index in [2.05, 4.69) is 0 Å². The summed E-state index contributed by atoms with van der Waals surface area (Å²) in [4.78, 5) is 11.9. The van der Waals surface area contributed by atoms with Crippen LogP contribution in [0, 0.1) is 5.82 Å². The highest BCUT2D eigenvalue weighted by Gasteiger charge is 2.17. The van der Waals surface area contributed by atoms with Crippen LogP contribution in [0.1, 0.15) is 16.8 Å². The molecular formula is C15H13FO3S. The molecule has 0 amide bonds. The van der Waals surface area contributed by atoms with Crippen molar-refractivity contribution in [2.45, 2.75) is 11.3 Å². The molecule has 5 heteroatoms. The molecule has 2 aromatic rings. The number of ketones is 1. The second-order valence-corrected chi connectivity index (χ2v) is 6.42. The van der Waals surface area contributed by atoms with E-state index in [1.165, 1.54) is 12.1 Å². The van der Waals surface area contributed by atoms with Crippen molar-refractivity contribution in [3.05, 3.63) is 66.0 Å². The monoisotopic (exact) mass is 292 g/mol. The summed E-state index contributed by atoms with van der Waals surface area (Å²) in [7, 11) is -3.57. The summed E-state index contributed by atoms with van der Waals surface area (Å²) in [5.41, 5.74) is 0.488. The minimum Gasteiger partial charge on any atom is -0.294 e. The quantitative estimate of drug-likeness (QED) is 0.629. The van der Waals surface area contributed by atoms with Crippen LogP contribution in [0.2, 0.25) is 0 Å². The minimum absolute atomic E-state index is 0.0276. The van der Waals surface area contributed by atoms with Gasteiger partial charge in [0.25, 0.3) is 0 Å². The molecule has 0 spiro atoms. The zero-order chi connectivity index (χ0) is 14.6. The molecule has 0 bridgehead atoms. The Hall–Kier alpha value is -2.01. The first kappa shape index (κ1) is 14.4. The zero-order valence-electron chi connectivity index (χ0n) is 10.6. The Morgan fingerprint density at radius 1 is 0.950 bits per heavy atom. The van der Waals surface area contributed by atoms with Gasteiger partial charge in [-0.05, 0) is 24.3 Å². The van der Waals surface area contributed by atoms with E-state index >= 15 is 0 Å². The predicted molar refractivity (Wildman–Crippen MR) is 73.8 cm³/mol. The van der Waals surface area contributed by atoms with E-state index in [0.29, 0.717) is 5.56 Å². The lowest BCUT2D eigenvalue weighted by molar-refractivity contribution is 0.0989. The summed E-state index contributed by atoms with van der Waals surface area (Å²) in [6.45, 7) is 0. The van der Waals surface area contributed by atoms with Gasteiger partial charge in [-0.1, -0.05) is 30.3 Å². The Balaban J connectivity index is 2.06. The van der Waals surface area contributed by atoms with Crippen LogP contribution in [0.4, 0.5) is 4.39 Å². The molecule has 0 aliphatic heterocycles. The summed E-state index contributed by atoms with van der Waals surface area (Å²) in [5, 5.41) is 0. The number of hydrogen-bond donors (Lipinski definition) is 0. The van der Waals surface area contributed by atoms with Crippen molar-refractivity contribution in [3.63, 3.8) is 0 Å². The summed E-state index contributed by atoms with van der Waals surface area (Å²) in [6, 6.07) is 13.1. The molecule has 104 valence electrons. The third kappa shape index (κ3) is 3.51. The van der Waals surface area contributed by atoms with Gasteiger partial charge < -0.3 is 0 Å². The van der Waals surface area contributed by atoms with Gasteiger partial charge >= 0.3 is 0 Å². The summed E-state index contributed by atoms with van der Waals surface area (Å²) in [6.07, 6.45) is -0.0935. The molecule has 0 radical (unpaired) electrons. The van der Waals surface area contributed by atoms with Gasteiger partial charge in [0.2, 0.25) is 0 Å². The van der Waals surface area contributed by atoms with Crippen LogP contribution in [0.25, 0.3) is 0 Å². The highest BCUT2D eigenvalue weighted by molar-refractivity contribution is 7.91. The van der Waals surface area contributed by atoms with Crippen molar-refractivity contribution in [2.24, 2.45) is 0 Å². The first-order chi connectivity index (χ1) is 9.49. The Morgan fingerprint density at radius 2 is 1.55 bits per heavy atom. The van der Waals surface area contributed by atoms with Crippen LogP contribution in [0.5, 0.6) is 0 Å². The summed E-state index contributed by atoms with van der Waals surface area (Å²) in [5.74, 6) is -1.01. The van der Waals surface area contributed by atoms with Crippen molar-refractivity contribution in [3.8, 4) is 0 Å². The topological polar surface area (TPSA) is 51.2 Å². The standard InChI is InChI=1S/C15H13FO3S/c16-13-6-8-14(9-7-13)20(18,19)11-10-15(17)12-4-2-1-3-5-12/h1-9H,10-11H2. The van der Waals surface area contributed by atoms with Gasteiger partial charge in [-0.25, -0.2) is 12.8 Å². The largest absolute Gasteiger partial charge is 0.294 e. The number of sulfone groups is 1. The fourth-order valence-electron chi connectivity index (χ4n) is 1.76. The number of carbonyl (C=O) groups excluding carboxylic acids is 1. The van der Waals surface area contributed by atoms with Crippen LogP contribution in [0.15, 0.2) is 59.5 Å². The molecule has 20 heavy (non-hydrogen) atoms. The molecule has 0 N–H and O–H groups in total. The lowest BCUT2D eigenvalue weighted by Crippen LogP contribution is -2.11. The highest BCUT2D eigenvalue weighted by Crippen LogP contribution is 2.14. The molecule has 0 unspecified atom stereocenters. The molecule has 3 nitrogen and oxygen atoms in total. The highest BCUT2D eigenvalue weighted by atomic mass is 32.2. The second-order valence-electron chi connectivity index (χ2n) is 4.31. The first-order valence-electron chi connectivity index (χ1n) is 6.05. The van der Waals surface area contributed by atoms with E-state index in [4.69, 9.17) is 0 Å². The van der Waals surface area contributed by atoms with Crippen LogP contribution in [-0.4, -0.2) is 20.0 Å². The van der Waals surface area contributed by atoms with Gasteiger partial charge in [-0.3, -0.25) is 4.79 Å². The van der Waals surface area contributed by atoms with Gasteiger partial charge in [0.05, 0.1) is 10.6 Å². The van der Waals surface area contributed by atoms with E-state index < -0.39 is 15.7 Å². The number of carbonyl (C=O) groups is 1. The third-order valence-corrected chi connectivity index (χ3v) is 4.60. The Kier molecular flexibility index (Phi) is 4.29. The molecule has 2 aromatic carbocycles. The van der Waals surface area contributed by atoms with Gasteiger partial charge in [0, 0.05) is 12.0 Å². The number of Topliss-reactive ketones (excluding diaryl/α,β-unsaturated/α-hetero) is 1. The van der Waals surface area contributed by atoms with Crippen LogP contribution in [0.3, 0.4) is 0 Å². The van der Waals surface area contributed by atoms with Gasteiger partial charge in [0.1, 0.15) is 5.82 Å². The van der Waals surface area contributed by atoms with Gasteiger partial charge in [-0.2, -0.15) is 0 Å². The Labute approximate surface area is 117 Å². The first-order valence-corrected chi connectivity index (χ1v) is 7.71. The molecule has 0 fully saturated rings. The molecule has 0 aliphatic rings. The molecule has 0 aliphatic carbocycles. The van der Waals surface area contributed by atoms with Crippen LogP contribution < -0.4 is 0 Å². The van der Waals surface area contributed by atoms with E-state index in [1.54, 1.807) is 30.3 Å². The van der Waals surface area contributed by atoms with Crippen LogP contribution >= 0.6 is 0 Å². The Morgan fingerprint density at radius 3 is 2.15 bits per heavy atom. The zero-order valence-corrected chi connectivity index (χ0v) is 11.4. The fourth-order valence-corrected chi connectivity index (χ4v) is 3.00. The number of benzene rings is 2. The van der Waals surface area contributed by atoms with Gasteiger partial charge in [0.15, 0.2) is 15.6 Å². The third-order valence-electron chi connectivity index (χ3n) is 2.87. The maximum absolute atomic E-state index is 12.8. The summed E-state index contributed by atoms with van der Waals surface area (Å²) >= 11 is 0. The molecule has 0 aromatic heterocycles. The number of halogens is 1. The smallest absolute Gasteiger partial charge is 0.178 e. The van der Waals surface area contributed by atoms with Crippen LogP contribution in [-0.2, 0) is 9.84 Å². The molecule has 2 rings (SSSR count). The van der Waals surface area contributed by atoms with Crippen molar-refractivity contribution in [2.75, 3.05) is 5.75 Å². The number of hydrogen-bond acceptors (Lipinski definition) is 3. The van der Waals surface area contributed by atoms with Crippen molar-refractivity contribution in [1.29, 1.82) is 0 Å². The fraction of sp³-hybridized carbons (Fsp3) is 0.133. The maximum atomic E-state index is 12.8. The SMILES string of the molecule is O=C(CCS(=O)(=O)c1ccc(F)cc1)c1ccccc1. The van der Waals surface area contributed by atoms with Crippen molar-refractivity contribution in [1.82, 2.24) is 0 Å². The Bertz CT molecular complexity index is 692. The average molecular weight is 292 g/mol. The average Bonchev–Trinajstić information content (AvgIpc) is 2.46. The molecular weight excluding hydrogens is 279 g/mol. The molecule has 0 saturated heterocycles. The summed E-state index contributed by atoms with van der Waals surface area (Å²) < 4.78 is 36.8. The number of rotatable bonds is 5. The predicted octanol–water partition coefficient (Wildman–Crippen LogP) is 2.87. The molecule has 0 atom stereocenters. The van der Waals surface area contributed by atoms with E-state index in [-0.39, 0.29) is 22.9 Å². The van der Waals surface area contributed by atoms with E-state index in [0.717, 1.165) is 12.1 Å². The van der Waals surface area contributed by atoms with Gasteiger partial charge in [-0.15, -0.1) is 0 Å². The molecule has 0 heterocycles. The minimum atomic E-state index is -3.57. The second kappa shape index (κ2) is 5.96. The van der Waals surface area contributed by atoms with Crippen molar-refractivity contribution < 1.29 is 17.6 Å². The normalized spacial score (nSPS) is 11.2. The van der Waals surface area contributed by atoms with E-state index in [9.17, 15) is 17.6 Å². The molecule has 0 saturated carbocycles. The van der Waals surface area contributed by atoms with Crippen molar-refractivity contribution >= 4 is 15.6 Å². The van der Waals surface area contributed by atoms with E-state index in [1.807, 2.05) is 0 Å². The lowest BCUT2D eigenvalue weighted by Gasteiger charge is -2.04.